The monoisotopic (exact) mass is 314 g/mol. The second kappa shape index (κ2) is 5.51. The molecule has 6 nitrogen and oxygen atoms in total. The van der Waals surface area contributed by atoms with Crippen LogP contribution in [0.15, 0.2) is 35.1 Å². The van der Waals surface area contributed by atoms with Gasteiger partial charge in [-0.3, -0.25) is 4.79 Å². The zero-order valence-electron chi connectivity index (χ0n) is 12.3. The molecule has 4 rings (SSSR count). The van der Waals surface area contributed by atoms with Crippen molar-refractivity contribution >= 4 is 22.7 Å². The number of carbonyl (C=O) groups excluding carboxylic acids is 1. The summed E-state index contributed by atoms with van der Waals surface area (Å²) in [6, 6.07) is 4.31. The fourth-order valence-corrected chi connectivity index (χ4v) is 2.85. The minimum absolute atomic E-state index is 0.154. The van der Waals surface area contributed by atoms with E-state index in [0.29, 0.717) is 17.9 Å². The molecule has 0 fully saturated rings. The summed E-state index contributed by atoms with van der Waals surface area (Å²) in [5.74, 6) is 1.10. The predicted octanol–water partition coefficient (Wildman–Crippen LogP) is 2.05. The standard InChI is InChI=1S/C16H15FN4O2/c17-11-1-2-12-10(9-23-13(12)6-11)5-16(22)20-15-8-19-14-7-18-3-4-21(14)15/h1-2,6,8-9,18H,3-5,7H2,(H,20,22). The summed E-state index contributed by atoms with van der Waals surface area (Å²) >= 11 is 0. The number of rotatable bonds is 3. The fraction of sp³-hybridized carbons (Fsp3) is 0.250. The molecule has 1 amide bonds. The van der Waals surface area contributed by atoms with Gasteiger partial charge >= 0.3 is 0 Å². The summed E-state index contributed by atoms with van der Waals surface area (Å²) in [5, 5.41) is 6.86. The number of hydrogen-bond donors (Lipinski definition) is 2. The van der Waals surface area contributed by atoms with E-state index in [1.165, 1.54) is 18.4 Å². The highest BCUT2D eigenvalue weighted by Gasteiger charge is 2.16. The van der Waals surface area contributed by atoms with Gasteiger partial charge < -0.3 is 19.6 Å². The van der Waals surface area contributed by atoms with Crippen LogP contribution in [0.4, 0.5) is 10.2 Å². The summed E-state index contributed by atoms with van der Waals surface area (Å²) in [4.78, 5) is 16.6. The number of fused-ring (bicyclic) bond motifs is 2. The normalized spacial score (nSPS) is 14.0. The molecule has 3 aromatic rings. The summed E-state index contributed by atoms with van der Waals surface area (Å²) in [6.07, 6.45) is 3.33. The van der Waals surface area contributed by atoms with Gasteiger partial charge in [0, 0.05) is 30.1 Å². The van der Waals surface area contributed by atoms with Crippen LogP contribution in [0.1, 0.15) is 11.4 Å². The first-order valence-corrected chi connectivity index (χ1v) is 7.41. The van der Waals surface area contributed by atoms with Crippen LogP contribution in [0.2, 0.25) is 0 Å². The molecule has 3 heterocycles. The van der Waals surface area contributed by atoms with Crippen molar-refractivity contribution in [3.8, 4) is 0 Å². The molecule has 0 bridgehead atoms. The van der Waals surface area contributed by atoms with Crippen molar-refractivity contribution in [2.24, 2.45) is 0 Å². The number of anilines is 1. The summed E-state index contributed by atoms with van der Waals surface area (Å²) < 4.78 is 20.5. The topological polar surface area (TPSA) is 72.1 Å². The van der Waals surface area contributed by atoms with Crippen LogP contribution in [0, 0.1) is 5.82 Å². The van der Waals surface area contributed by atoms with E-state index in [4.69, 9.17) is 4.42 Å². The molecule has 0 unspecified atom stereocenters. The lowest BCUT2D eigenvalue weighted by atomic mass is 10.1. The number of nitrogens with one attached hydrogen (secondary N) is 2. The zero-order chi connectivity index (χ0) is 15.8. The third-order valence-electron chi connectivity index (χ3n) is 3.97. The molecule has 2 N–H and O–H groups in total. The second-order valence-electron chi connectivity index (χ2n) is 5.51. The molecule has 0 saturated carbocycles. The van der Waals surface area contributed by atoms with Gasteiger partial charge in [0.05, 0.1) is 25.4 Å². The van der Waals surface area contributed by atoms with Crippen LogP contribution in [-0.4, -0.2) is 22.0 Å². The molecule has 0 atom stereocenters. The molecule has 0 saturated heterocycles. The lowest BCUT2D eigenvalue weighted by molar-refractivity contribution is -0.115. The Labute approximate surface area is 131 Å². The number of halogens is 1. The van der Waals surface area contributed by atoms with Gasteiger partial charge in [-0.1, -0.05) is 0 Å². The van der Waals surface area contributed by atoms with E-state index in [2.05, 4.69) is 15.6 Å². The molecule has 23 heavy (non-hydrogen) atoms. The van der Waals surface area contributed by atoms with Crippen LogP contribution < -0.4 is 10.6 Å². The number of imidazole rings is 1. The van der Waals surface area contributed by atoms with E-state index in [-0.39, 0.29) is 18.1 Å². The second-order valence-corrected chi connectivity index (χ2v) is 5.51. The van der Waals surface area contributed by atoms with Crippen molar-refractivity contribution in [3.63, 3.8) is 0 Å². The smallest absolute Gasteiger partial charge is 0.230 e. The SMILES string of the molecule is O=C(Cc1coc2cc(F)ccc12)Nc1cnc2n1CCNC2. The van der Waals surface area contributed by atoms with Crippen LogP contribution in [0.25, 0.3) is 11.0 Å². The maximum atomic E-state index is 13.2. The van der Waals surface area contributed by atoms with Gasteiger partial charge in [0.2, 0.25) is 5.91 Å². The largest absolute Gasteiger partial charge is 0.464 e. The van der Waals surface area contributed by atoms with Gasteiger partial charge in [-0.15, -0.1) is 0 Å². The van der Waals surface area contributed by atoms with E-state index in [9.17, 15) is 9.18 Å². The average molecular weight is 314 g/mol. The van der Waals surface area contributed by atoms with E-state index >= 15 is 0 Å². The first-order chi connectivity index (χ1) is 11.2. The Morgan fingerprint density at radius 3 is 3.30 bits per heavy atom. The minimum Gasteiger partial charge on any atom is -0.464 e. The Kier molecular flexibility index (Phi) is 3.34. The highest BCUT2D eigenvalue weighted by atomic mass is 19.1. The van der Waals surface area contributed by atoms with Crippen LogP contribution in [-0.2, 0) is 24.3 Å². The maximum absolute atomic E-state index is 13.2. The van der Waals surface area contributed by atoms with E-state index in [1.54, 1.807) is 12.3 Å². The zero-order valence-corrected chi connectivity index (χ0v) is 12.3. The third kappa shape index (κ3) is 2.59. The molecule has 2 aromatic heterocycles. The van der Waals surface area contributed by atoms with Crippen molar-refractivity contribution < 1.29 is 13.6 Å². The summed E-state index contributed by atoms with van der Waals surface area (Å²) in [6.45, 7) is 2.33. The molecule has 0 radical (unpaired) electrons. The quantitative estimate of drug-likeness (QED) is 0.776. The van der Waals surface area contributed by atoms with Gasteiger partial charge in [-0.05, 0) is 12.1 Å². The van der Waals surface area contributed by atoms with Crippen molar-refractivity contribution in [2.75, 3.05) is 11.9 Å². The molecule has 0 spiro atoms. The maximum Gasteiger partial charge on any atom is 0.230 e. The molecule has 7 heteroatoms. The number of benzene rings is 1. The van der Waals surface area contributed by atoms with Crippen LogP contribution in [0.5, 0.6) is 0 Å². The van der Waals surface area contributed by atoms with Gasteiger partial charge in [-0.2, -0.15) is 0 Å². The van der Waals surface area contributed by atoms with Crippen LogP contribution in [0.3, 0.4) is 0 Å². The number of amides is 1. The minimum atomic E-state index is -0.359. The van der Waals surface area contributed by atoms with Crippen molar-refractivity contribution in [3.05, 3.63) is 47.9 Å². The first kappa shape index (κ1) is 14.0. The molecular formula is C16H15FN4O2. The summed E-state index contributed by atoms with van der Waals surface area (Å²) in [5.41, 5.74) is 1.18. The Hall–Kier alpha value is -2.67. The predicted molar refractivity (Wildman–Crippen MR) is 82.4 cm³/mol. The number of furan rings is 1. The number of aromatic nitrogens is 2. The van der Waals surface area contributed by atoms with Gasteiger partial charge in [0.1, 0.15) is 23.0 Å². The lowest BCUT2D eigenvalue weighted by Gasteiger charge is -2.17. The highest BCUT2D eigenvalue weighted by Crippen LogP contribution is 2.23. The van der Waals surface area contributed by atoms with E-state index in [0.717, 1.165) is 29.9 Å². The first-order valence-electron chi connectivity index (χ1n) is 7.41. The van der Waals surface area contributed by atoms with E-state index in [1.807, 2.05) is 4.57 Å². The van der Waals surface area contributed by atoms with Gasteiger partial charge in [-0.25, -0.2) is 9.37 Å². The number of carbonyl (C=O) groups is 1. The molecule has 1 aliphatic heterocycles. The highest BCUT2D eigenvalue weighted by molar-refractivity contribution is 5.94. The van der Waals surface area contributed by atoms with Crippen molar-refractivity contribution in [2.45, 2.75) is 19.5 Å². The van der Waals surface area contributed by atoms with Crippen molar-refractivity contribution in [1.82, 2.24) is 14.9 Å². The number of nitrogens with zero attached hydrogens (tertiary/aromatic N) is 2. The Bertz CT molecular complexity index is 883. The Morgan fingerprint density at radius 2 is 2.39 bits per heavy atom. The Balaban J connectivity index is 1.52. The third-order valence-corrected chi connectivity index (χ3v) is 3.97. The molecule has 118 valence electrons. The average Bonchev–Trinajstić information content (AvgIpc) is 3.12. The molecular weight excluding hydrogens is 299 g/mol. The molecule has 1 aromatic carbocycles. The fourth-order valence-electron chi connectivity index (χ4n) is 2.85. The summed E-state index contributed by atoms with van der Waals surface area (Å²) in [7, 11) is 0. The number of hydrogen-bond acceptors (Lipinski definition) is 4. The van der Waals surface area contributed by atoms with Gasteiger partial charge in [0.15, 0.2) is 0 Å². The Morgan fingerprint density at radius 1 is 1.48 bits per heavy atom. The van der Waals surface area contributed by atoms with Gasteiger partial charge in [0.25, 0.3) is 0 Å². The molecule has 0 aliphatic carbocycles. The van der Waals surface area contributed by atoms with Crippen LogP contribution >= 0.6 is 0 Å². The molecule has 1 aliphatic rings. The lowest BCUT2D eigenvalue weighted by Crippen LogP contribution is -2.29. The van der Waals surface area contributed by atoms with Crippen molar-refractivity contribution in [1.29, 1.82) is 0 Å². The van der Waals surface area contributed by atoms with E-state index < -0.39 is 0 Å².